The van der Waals surface area contributed by atoms with Crippen molar-refractivity contribution in [3.05, 3.63) is 60.2 Å². The van der Waals surface area contributed by atoms with E-state index in [1.165, 1.54) is 24.3 Å². The van der Waals surface area contributed by atoms with Gasteiger partial charge in [0.15, 0.2) is 0 Å². The molecule has 37 heavy (non-hydrogen) atoms. The van der Waals surface area contributed by atoms with E-state index in [1.54, 1.807) is 16.7 Å². The molecule has 0 aliphatic carbocycles. The van der Waals surface area contributed by atoms with E-state index in [1.807, 2.05) is 30.3 Å². The first kappa shape index (κ1) is 29.1. The number of carbonyl (C=O) groups excluding carboxylic acids is 2. The lowest BCUT2D eigenvalue weighted by atomic mass is 10.0. The molecule has 10 nitrogen and oxygen atoms in total. The Morgan fingerprint density at radius 2 is 1.84 bits per heavy atom. The quantitative estimate of drug-likeness (QED) is 0.229. The number of unbranched alkanes of at least 4 members (excludes halogenated alkanes) is 1. The van der Waals surface area contributed by atoms with Crippen molar-refractivity contribution in [2.45, 2.75) is 48.8 Å². The average molecular weight is 550 g/mol. The number of hydrogen-bond acceptors (Lipinski definition) is 8. The summed E-state index contributed by atoms with van der Waals surface area (Å²) >= 11 is 1.70. The van der Waals surface area contributed by atoms with E-state index in [9.17, 15) is 23.1 Å². The molecule has 1 aliphatic heterocycles. The number of anilines is 1. The van der Waals surface area contributed by atoms with Gasteiger partial charge < -0.3 is 26.8 Å². The van der Waals surface area contributed by atoms with Gasteiger partial charge in [-0.05, 0) is 43.0 Å². The van der Waals surface area contributed by atoms with Gasteiger partial charge in [0.05, 0.1) is 16.8 Å². The van der Waals surface area contributed by atoms with Crippen molar-refractivity contribution in [1.82, 2.24) is 9.62 Å². The van der Waals surface area contributed by atoms with Crippen molar-refractivity contribution >= 4 is 39.3 Å². The Kier molecular flexibility index (Phi) is 10.9. The maximum Gasteiger partial charge on any atom is 0.254 e. The maximum absolute atomic E-state index is 12.7. The highest BCUT2D eigenvalue weighted by Gasteiger charge is 2.25. The predicted octanol–water partition coefficient (Wildman–Crippen LogP) is 0.865. The number of sulfonamides is 1. The summed E-state index contributed by atoms with van der Waals surface area (Å²) in [6, 6.07) is 13.6. The van der Waals surface area contributed by atoms with Gasteiger partial charge in [-0.15, -0.1) is 11.8 Å². The number of amides is 2. The number of hydrogen-bond donors (Lipinski definition) is 5. The van der Waals surface area contributed by atoms with Gasteiger partial charge in [-0.1, -0.05) is 42.8 Å². The summed E-state index contributed by atoms with van der Waals surface area (Å²) in [7, 11) is -3.82. The largest absolute Gasteiger partial charge is 0.382 e. The number of nitrogens with zero attached hydrogens (tertiary/aromatic N) is 1. The first-order chi connectivity index (χ1) is 17.7. The molecule has 1 fully saturated rings. The third-order valence-corrected chi connectivity index (χ3v) is 8.44. The van der Waals surface area contributed by atoms with E-state index in [-0.39, 0.29) is 23.0 Å². The zero-order valence-electron chi connectivity index (χ0n) is 20.6. The highest BCUT2D eigenvalue weighted by atomic mass is 32.2. The van der Waals surface area contributed by atoms with Crippen LogP contribution < -0.4 is 21.5 Å². The van der Waals surface area contributed by atoms with Gasteiger partial charge in [0, 0.05) is 30.6 Å². The van der Waals surface area contributed by atoms with Crippen LogP contribution in [0.1, 0.15) is 24.8 Å². The van der Waals surface area contributed by atoms with E-state index in [4.69, 9.17) is 11.5 Å². The normalized spacial score (nSPS) is 16.2. The zero-order chi connectivity index (χ0) is 26.8. The summed E-state index contributed by atoms with van der Waals surface area (Å²) < 4.78 is 28.0. The van der Waals surface area contributed by atoms with E-state index in [0.717, 1.165) is 17.9 Å². The Morgan fingerprint density at radius 3 is 2.54 bits per heavy atom. The Balaban J connectivity index is 1.45. The summed E-state index contributed by atoms with van der Waals surface area (Å²) in [5.41, 5.74) is 13.1. The van der Waals surface area contributed by atoms with Crippen LogP contribution in [0.25, 0.3) is 0 Å². The molecular weight excluding hydrogens is 514 g/mol. The second-order valence-electron chi connectivity index (χ2n) is 8.95. The number of aliphatic hydroxyl groups excluding tert-OH is 1. The molecule has 0 radical (unpaired) electrons. The van der Waals surface area contributed by atoms with Crippen LogP contribution in [0.15, 0.2) is 59.5 Å². The first-order valence-corrected chi connectivity index (χ1v) is 14.8. The van der Waals surface area contributed by atoms with E-state index >= 15 is 0 Å². The molecule has 0 aromatic heterocycles. The van der Waals surface area contributed by atoms with Crippen molar-refractivity contribution in [1.29, 1.82) is 0 Å². The monoisotopic (exact) mass is 549 g/mol. The molecular formula is C25H35N5O5S2. The summed E-state index contributed by atoms with van der Waals surface area (Å²) in [5, 5.41) is 12.9. The third kappa shape index (κ3) is 8.80. The number of thioether (sulfide) groups is 1. The lowest BCUT2D eigenvalue weighted by Gasteiger charge is -2.19. The van der Waals surface area contributed by atoms with Gasteiger partial charge in [0.1, 0.15) is 6.10 Å². The van der Waals surface area contributed by atoms with Crippen LogP contribution in [0, 0.1) is 0 Å². The minimum Gasteiger partial charge on any atom is -0.382 e. The van der Waals surface area contributed by atoms with Crippen molar-refractivity contribution in [3.63, 3.8) is 0 Å². The lowest BCUT2D eigenvalue weighted by Crippen LogP contribution is -2.44. The SMILES string of the molecule is N[C@H](Cc1ccccc1)[C@H](O)C(=O)Nc1cccc(S(=O)(=O)NCCCC[C@H](N)C(=O)N2CCSC2)c1. The van der Waals surface area contributed by atoms with Crippen molar-refractivity contribution < 1.29 is 23.1 Å². The molecule has 0 bridgehead atoms. The highest BCUT2D eigenvalue weighted by Crippen LogP contribution is 2.17. The number of benzene rings is 2. The molecule has 0 unspecified atom stereocenters. The smallest absolute Gasteiger partial charge is 0.254 e. The van der Waals surface area contributed by atoms with Gasteiger partial charge in [-0.2, -0.15) is 0 Å². The minimum atomic E-state index is -3.82. The summed E-state index contributed by atoms with van der Waals surface area (Å²) in [6.45, 7) is 0.905. The standard InChI is InChI=1S/C25H35N5O5S2/c26-21(25(33)30-13-14-36-17-30)11-4-5-12-28-37(34,35)20-10-6-9-19(16-20)29-24(32)23(31)22(27)15-18-7-2-1-3-8-18/h1-3,6-10,16,21-23,28,31H,4-5,11-15,17,26-27H2,(H,29,32)/t21-,22+,23-/m0/s1. The van der Waals surface area contributed by atoms with Crippen LogP contribution in [-0.4, -0.2) is 73.1 Å². The van der Waals surface area contributed by atoms with Gasteiger partial charge >= 0.3 is 0 Å². The Hall–Kier alpha value is -2.48. The Labute approximate surface area is 222 Å². The highest BCUT2D eigenvalue weighted by molar-refractivity contribution is 7.99. The first-order valence-electron chi connectivity index (χ1n) is 12.2. The average Bonchev–Trinajstić information content (AvgIpc) is 3.43. The van der Waals surface area contributed by atoms with Crippen LogP contribution in [0.2, 0.25) is 0 Å². The van der Waals surface area contributed by atoms with E-state index in [2.05, 4.69) is 10.0 Å². The second-order valence-corrected chi connectivity index (χ2v) is 11.8. The van der Waals surface area contributed by atoms with Crippen molar-refractivity contribution in [2.75, 3.05) is 30.0 Å². The molecule has 0 saturated carbocycles. The molecule has 1 aliphatic rings. The van der Waals surface area contributed by atoms with Crippen LogP contribution >= 0.6 is 11.8 Å². The fourth-order valence-corrected chi connectivity index (χ4v) is 5.95. The molecule has 2 aromatic carbocycles. The molecule has 3 rings (SSSR count). The maximum atomic E-state index is 12.7. The fraction of sp³-hybridized carbons (Fsp3) is 0.440. The Bertz CT molecular complexity index is 1140. The fourth-order valence-electron chi connectivity index (χ4n) is 3.87. The summed E-state index contributed by atoms with van der Waals surface area (Å²) in [5.74, 6) is 0.818. The molecule has 1 saturated heterocycles. The minimum absolute atomic E-state index is 0.0215. The van der Waals surface area contributed by atoms with Crippen molar-refractivity contribution in [2.24, 2.45) is 11.5 Å². The summed E-state index contributed by atoms with van der Waals surface area (Å²) in [6.07, 6.45) is 0.452. The van der Waals surface area contributed by atoms with Crippen LogP contribution in [0.5, 0.6) is 0 Å². The molecule has 7 N–H and O–H groups in total. The number of rotatable bonds is 13. The molecule has 2 amide bonds. The van der Waals surface area contributed by atoms with Crippen LogP contribution in [-0.2, 0) is 26.0 Å². The molecule has 2 aromatic rings. The topological polar surface area (TPSA) is 168 Å². The molecule has 0 spiro atoms. The van der Waals surface area contributed by atoms with Crippen molar-refractivity contribution in [3.8, 4) is 0 Å². The molecule has 12 heteroatoms. The lowest BCUT2D eigenvalue weighted by molar-refractivity contribution is -0.131. The number of aliphatic hydroxyl groups is 1. The number of nitrogens with two attached hydrogens (primary N) is 2. The van der Waals surface area contributed by atoms with Gasteiger partial charge in [-0.25, -0.2) is 13.1 Å². The number of carbonyl (C=O) groups is 2. The summed E-state index contributed by atoms with van der Waals surface area (Å²) in [4.78, 5) is 26.5. The van der Waals surface area contributed by atoms with Gasteiger partial charge in [0.2, 0.25) is 15.9 Å². The van der Waals surface area contributed by atoms with Gasteiger partial charge in [0.25, 0.3) is 5.91 Å². The van der Waals surface area contributed by atoms with Crippen LogP contribution in [0.4, 0.5) is 5.69 Å². The van der Waals surface area contributed by atoms with Crippen LogP contribution in [0.3, 0.4) is 0 Å². The third-order valence-electron chi connectivity index (χ3n) is 6.02. The predicted molar refractivity (Wildman–Crippen MR) is 145 cm³/mol. The van der Waals surface area contributed by atoms with Gasteiger partial charge in [-0.3, -0.25) is 9.59 Å². The Morgan fingerprint density at radius 1 is 1.08 bits per heavy atom. The van der Waals surface area contributed by atoms with E-state index in [0.29, 0.717) is 31.6 Å². The molecule has 1 heterocycles. The number of nitrogens with one attached hydrogen (secondary N) is 2. The molecule has 202 valence electrons. The molecule has 3 atom stereocenters. The second kappa shape index (κ2) is 13.9. The zero-order valence-corrected chi connectivity index (χ0v) is 22.2. The van der Waals surface area contributed by atoms with E-state index < -0.39 is 34.1 Å².